The van der Waals surface area contributed by atoms with Gasteiger partial charge in [-0.2, -0.15) is 0 Å². The summed E-state index contributed by atoms with van der Waals surface area (Å²) in [5, 5.41) is 6.04. The number of halogens is 2. The quantitative estimate of drug-likeness (QED) is 0.409. The lowest BCUT2D eigenvalue weighted by atomic mass is 10.1. The van der Waals surface area contributed by atoms with Crippen molar-refractivity contribution in [2.45, 2.75) is 19.4 Å². The number of benzene rings is 1. The van der Waals surface area contributed by atoms with E-state index in [1.165, 1.54) is 12.3 Å². The van der Waals surface area contributed by atoms with Crippen LogP contribution in [0.15, 0.2) is 35.1 Å². The van der Waals surface area contributed by atoms with Crippen LogP contribution in [-0.4, -0.2) is 54.4 Å². The molecular formula is C20H25F2N7OS. The van der Waals surface area contributed by atoms with Gasteiger partial charge in [0.15, 0.2) is 5.69 Å². The van der Waals surface area contributed by atoms with Gasteiger partial charge in [-0.25, -0.2) is 13.8 Å². The van der Waals surface area contributed by atoms with Crippen LogP contribution in [0.2, 0.25) is 0 Å². The number of aliphatic imine (C=N–C) groups is 1. The van der Waals surface area contributed by atoms with Crippen LogP contribution in [0.1, 0.15) is 23.8 Å². The Hall–Kier alpha value is -3.05. The van der Waals surface area contributed by atoms with E-state index in [9.17, 15) is 13.6 Å². The first-order chi connectivity index (χ1) is 14.9. The van der Waals surface area contributed by atoms with Gasteiger partial charge in [0.25, 0.3) is 5.91 Å². The van der Waals surface area contributed by atoms with Gasteiger partial charge in [-0.05, 0) is 18.6 Å². The van der Waals surface area contributed by atoms with E-state index in [1.54, 1.807) is 7.05 Å². The van der Waals surface area contributed by atoms with Gasteiger partial charge in [0.05, 0.1) is 11.3 Å². The molecule has 11 heteroatoms. The minimum absolute atomic E-state index is 0.0194. The monoisotopic (exact) mass is 449 g/mol. The van der Waals surface area contributed by atoms with Crippen molar-refractivity contribution in [2.24, 2.45) is 10.7 Å². The van der Waals surface area contributed by atoms with Crippen molar-refractivity contribution in [1.82, 2.24) is 20.5 Å². The lowest BCUT2D eigenvalue weighted by Crippen LogP contribution is -2.55. The highest BCUT2D eigenvalue weighted by Crippen LogP contribution is 2.33. The fraction of sp³-hybridized carbons (Fsp3) is 0.350. The Labute approximate surface area is 183 Å². The summed E-state index contributed by atoms with van der Waals surface area (Å²) in [6.45, 7) is 4.34. The summed E-state index contributed by atoms with van der Waals surface area (Å²) in [6.07, 6.45) is 2.14. The van der Waals surface area contributed by atoms with Crippen molar-refractivity contribution in [2.75, 3.05) is 32.4 Å². The zero-order valence-corrected chi connectivity index (χ0v) is 18.1. The maximum atomic E-state index is 14.1. The van der Waals surface area contributed by atoms with Crippen molar-refractivity contribution in [3.8, 4) is 10.6 Å². The average Bonchev–Trinajstić information content (AvgIpc) is 3.14. The lowest BCUT2D eigenvalue weighted by Gasteiger charge is -2.38. The Morgan fingerprint density at radius 3 is 2.77 bits per heavy atom. The van der Waals surface area contributed by atoms with Crippen molar-refractivity contribution < 1.29 is 13.6 Å². The van der Waals surface area contributed by atoms with Gasteiger partial charge in [-0.3, -0.25) is 9.79 Å². The zero-order valence-electron chi connectivity index (χ0n) is 17.3. The zero-order chi connectivity index (χ0) is 22.5. The summed E-state index contributed by atoms with van der Waals surface area (Å²) >= 11 is 0.831. The van der Waals surface area contributed by atoms with Crippen molar-refractivity contribution in [3.63, 3.8) is 0 Å². The number of nitrogens with two attached hydrogens (primary N) is 2. The molecular weight excluding hydrogens is 424 g/mol. The van der Waals surface area contributed by atoms with E-state index >= 15 is 0 Å². The van der Waals surface area contributed by atoms with E-state index < -0.39 is 17.5 Å². The Kier molecular flexibility index (Phi) is 7.18. The topological polar surface area (TPSA) is 122 Å². The number of hydrogen-bond acceptors (Lipinski definition) is 7. The van der Waals surface area contributed by atoms with E-state index in [0.717, 1.165) is 43.0 Å². The highest BCUT2D eigenvalue weighted by Gasteiger charge is 2.28. The summed E-state index contributed by atoms with van der Waals surface area (Å²) in [5.41, 5.74) is 11.6. The number of piperazine rings is 1. The second-order valence-corrected chi connectivity index (χ2v) is 7.90. The molecule has 1 saturated heterocycles. The van der Waals surface area contributed by atoms with Gasteiger partial charge in [-0.1, -0.05) is 24.3 Å². The van der Waals surface area contributed by atoms with Crippen LogP contribution in [0.4, 0.5) is 13.8 Å². The summed E-state index contributed by atoms with van der Waals surface area (Å²) in [7, 11) is 1.62. The number of thiazole rings is 1. The third-order valence-corrected chi connectivity index (χ3v) is 5.91. The minimum Gasteiger partial charge on any atom is -0.403 e. The summed E-state index contributed by atoms with van der Waals surface area (Å²) in [5.74, 6) is -1.67. The highest BCUT2D eigenvalue weighted by molar-refractivity contribution is 7.19. The molecule has 2 aromatic rings. The molecule has 2 heterocycles. The normalized spacial score (nSPS) is 17.7. The Morgan fingerprint density at radius 2 is 2.16 bits per heavy atom. The van der Waals surface area contributed by atoms with Crippen LogP contribution in [0.25, 0.3) is 10.6 Å². The van der Waals surface area contributed by atoms with Crippen molar-refractivity contribution in [3.05, 3.63) is 47.4 Å². The molecule has 0 bridgehead atoms. The van der Waals surface area contributed by atoms with E-state index in [2.05, 4.69) is 32.4 Å². The molecule has 1 aromatic heterocycles. The molecule has 0 unspecified atom stereocenters. The van der Waals surface area contributed by atoms with Gasteiger partial charge in [-0.15, -0.1) is 0 Å². The van der Waals surface area contributed by atoms with Gasteiger partial charge in [0, 0.05) is 38.9 Å². The molecule has 0 aliphatic carbocycles. The third kappa shape index (κ3) is 4.67. The number of rotatable bonds is 5. The average molecular weight is 450 g/mol. The standard InChI is InChI=1S/C20H25F2N7OS/c1-3-11-10-26-7-8-29(11)18(25-2)14(9-23)27-19(30)16-17(24)31-20(28-16)15-12(21)5-4-6-13(15)22/h4-6,9,11,26H,3,7-8,10,23-24H2,1-2H3,(H,27,30)/t11-/m1/s1. The molecule has 1 atom stereocenters. The number of carbonyl (C=O) groups is 1. The Morgan fingerprint density at radius 1 is 1.45 bits per heavy atom. The number of hydrogen-bond donors (Lipinski definition) is 4. The fourth-order valence-corrected chi connectivity index (χ4v) is 4.34. The summed E-state index contributed by atoms with van der Waals surface area (Å²) in [6, 6.07) is 3.68. The first-order valence-corrected chi connectivity index (χ1v) is 10.6. The lowest BCUT2D eigenvalue weighted by molar-refractivity contribution is 0.0963. The first-order valence-electron chi connectivity index (χ1n) is 9.79. The molecule has 166 valence electrons. The first kappa shape index (κ1) is 22.6. The Balaban J connectivity index is 1.85. The predicted molar refractivity (Wildman–Crippen MR) is 119 cm³/mol. The van der Waals surface area contributed by atoms with Gasteiger partial charge in [0.1, 0.15) is 27.5 Å². The van der Waals surface area contributed by atoms with Crippen LogP contribution >= 0.6 is 11.3 Å². The smallest absolute Gasteiger partial charge is 0.277 e. The number of nitrogens with zero attached hydrogens (tertiary/aromatic N) is 3. The number of carbonyl (C=O) groups excluding carboxylic acids is 1. The maximum Gasteiger partial charge on any atom is 0.277 e. The van der Waals surface area contributed by atoms with Crippen LogP contribution in [0, 0.1) is 11.6 Å². The molecule has 0 radical (unpaired) electrons. The van der Waals surface area contributed by atoms with E-state index in [0.29, 0.717) is 18.1 Å². The second-order valence-electron chi connectivity index (χ2n) is 6.87. The Bertz CT molecular complexity index is 1000. The molecule has 8 nitrogen and oxygen atoms in total. The van der Waals surface area contributed by atoms with Crippen LogP contribution in [0.5, 0.6) is 0 Å². The third-order valence-electron chi connectivity index (χ3n) is 5.01. The molecule has 3 rings (SSSR count). The second kappa shape index (κ2) is 9.84. The SMILES string of the molecule is CC[C@@H]1CNCCN1C(=NC)C(=CN)NC(=O)c1nc(-c2c(F)cccc2F)sc1N. The number of nitrogens with one attached hydrogen (secondary N) is 2. The van der Waals surface area contributed by atoms with Crippen LogP contribution < -0.4 is 22.1 Å². The maximum absolute atomic E-state index is 14.1. The molecule has 1 aliphatic rings. The molecule has 1 amide bonds. The molecule has 31 heavy (non-hydrogen) atoms. The number of nitrogen functional groups attached to an aromatic ring is 1. The molecule has 1 aliphatic heterocycles. The number of amides is 1. The fourth-order valence-electron chi connectivity index (χ4n) is 3.47. The highest BCUT2D eigenvalue weighted by atomic mass is 32.1. The van der Waals surface area contributed by atoms with Crippen molar-refractivity contribution >= 4 is 28.1 Å². The van der Waals surface area contributed by atoms with Gasteiger partial charge in [0.2, 0.25) is 0 Å². The number of aromatic nitrogens is 1. The van der Waals surface area contributed by atoms with Gasteiger partial charge >= 0.3 is 0 Å². The molecule has 0 saturated carbocycles. The van der Waals surface area contributed by atoms with E-state index in [-0.39, 0.29) is 27.3 Å². The molecule has 1 fully saturated rings. The minimum atomic E-state index is -0.784. The van der Waals surface area contributed by atoms with Crippen molar-refractivity contribution in [1.29, 1.82) is 0 Å². The summed E-state index contributed by atoms with van der Waals surface area (Å²) in [4.78, 5) is 23.4. The molecule has 1 aromatic carbocycles. The molecule has 6 N–H and O–H groups in total. The molecule has 0 spiro atoms. The van der Waals surface area contributed by atoms with Crippen LogP contribution in [0.3, 0.4) is 0 Å². The van der Waals surface area contributed by atoms with Gasteiger partial charge < -0.3 is 27.0 Å². The van der Waals surface area contributed by atoms with Crippen LogP contribution in [-0.2, 0) is 0 Å². The number of anilines is 1. The summed E-state index contributed by atoms with van der Waals surface area (Å²) < 4.78 is 28.2. The largest absolute Gasteiger partial charge is 0.403 e. The predicted octanol–water partition coefficient (Wildman–Crippen LogP) is 1.91. The van der Waals surface area contributed by atoms with E-state index in [4.69, 9.17) is 11.5 Å². The number of amidine groups is 1. The van der Waals surface area contributed by atoms with E-state index in [1.807, 2.05) is 0 Å².